The van der Waals surface area contributed by atoms with Crippen LogP contribution in [0.4, 0.5) is 20.3 Å². The summed E-state index contributed by atoms with van der Waals surface area (Å²) < 4.78 is 47.9. The van der Waals surface area contributed by atoms with Crippen LogP contribution < -0.4 is 25.8 Å². The third-order valence-electron chi connectivity index (χ3n) is 12.3. The summed E-state index contributed by atoms with van der Waals surface area (Å²) in [5.74, 6) is -3.69. The van der Waals surface area contributed by atoms with Crippen molar-refractivity contribution in [2.75, 3.05) is 49.6 Å². The van der Waals surface area contributed by atoms with Gasteiger partial charge in [0.25, 0.3) is 11.5 Å². The van der Waals surface area contributed by atoms with Gasteiger partial charge in [-0.25, -0.2) is 14.4 Å². The van der Waals surface area contributed by atoms with E-state index in [1.54, 1.807) is 6.07 Å². The number of nitrogens with one attached hydrogen (secondary N) is 2. The second kappa shape index (κ2) is 19.6. The molecule has 1 aliphatic heterocycles. The van der Waals surface area contributed by atoms with E-state index in [4.69, 9.17) is 20.8 Å². The van der Waals surface area contributed by atoms with E-state index in [0.717, 1.165) is 19.6 Å². The number of hydrogen-bond acceptors (Lipinski definition) is 9. The lowest BCUT2D eigenvalue weighted by atomic mass is 9.81. The maximum absolute atomic E-state index is 16.5. The Hall–Kier alpha value is -4.17. The first-order chi connectivity index (χ1) is 29.9. The van der Waals surface area contributed by atoms with Gasteiger partial charge in [-0.05, 0) is 62.8 Å². The second-order valence-corrected chi connectivity index (χ2v) is 33.1. The third-order valence-corrected chi connectivity index (χ3v) is 18.8. The highest BCUT2D eigenvalue weighted by molar-refractivity contribution is 6.76. The molecule has 3 aromatic heterocycles. The van der Waals surface area contributed by atoms with Crippen molar-refractivity contribution in [3.05, 3.63) is 63.4 Å². The normalized spacial score (nSPS) is 15.7. The summed E-state index contributed by atoms with van der Waals surface area (Å²) in [6.07, 6.45) is 4.76. The number of hydrogen-bond donors (Lipinski definition) is 2. The van der Waals surface area contributed by atoms with Gasteiger partial charge in [-0.3, -0.25) is 19.3 Å². The van der Waals surface area contributed by atoms with Gasteiger partial charge in [-0.2, -0.15) is 4.39 Å². The number of halogens is 3. The number of ether oxygens (including phenoxy) is 1. The molecule has 358 valence electrons. The molecule has 0 saturated carbocycles. The average molecular weight is 958 g/mol. The number of carbonyl (C=O) groups excluding carboxylic acids is 2. The summed E-state index contributed by atoms with van der Waals surface area (Å²) in [4.78, 5) is 55.4. The van der Waals surface area contributed by atoms with Crippen LogP contribution in [0.2, 0.25) is 48.8 Å². The third kappa shape index (κ3) is 12.8. The fraction of sp³-hybridized carbons (Fsp3) is 0.596. The van der Waals surface area contributed by atoms with E-state index in [1.165, 1.54) is 41.0 Å². The van der Waals surface area contributed by atoms with Crippen LogP contribution in [0.25, 0.3) is 22.2 Å². The zero-order valence-electron chi connectivity index (χ0n) is 41.2. The van der Waals surface area contributed by atoms with Crippen LogP contribution in [0.3, 0.4) is 0 Å². The monoisotopic (exact) mass is 956 g/mol. The van der Waals surface area contributed by atoms with E-state index >= 15 is 8.78 Å². The molecule has 1 unspecified atom stereocenters. The molecule has 0 aliphatic carbocycles. The first-order valence-electron chi connectivity index (χ1n) is 22.5. The van der Waals surface area contributed by atoms with Gasteiger partial charge in [0, 0.05) is 82.9 Å². The number of amides is 2. The lowest BCUT2D eigenvalue weighted by molar-refractivity contribution is -0.116. The maximum Gasteiger partial charge on any atom is 0.263 e. The SMILES string of the molecule is CC1CN(CCO[Si](C)(C)C(C)(C)C)CCN1c1cc(NC(=O)Cn2cc(-c3cc(C(=O)NC(C)(C)CC(C)(C)C)c(OCC[Si](C)(C)C)c(F)c3F)c3c(=O)n(C)cnc32)c(Cl)cn1. The minimum absolute atomic E-state index is 0.0431. The van der Waals surface area contributed by atoms with Gasteiger partial charge < -0.3 is 33.8 Å². The minimum atomic E-state index is -1.85. The van der Waals surface area contributed by atoms with Crippen molar-refractivity contribution in [3.8, 4) is 16.9 Å². The number of aromatic nitrogens is 4. The van der Waals surface area contributed by atoms with Gasteiger partial charge in [-0.15, -0.1) is 0 Å². The largest absolute Gasteiger partial charge is 0.490 e. The van der Waals surface area contributed by atoms with Gasteiger partial charge >= 0.3 is 0 Å². The van der Waals surface area contributed by atoms with Crippen LogP contribution >= 0.6 is 11.6 Å². The summed E-state index contributed by atoms with van der Waals surface area (Å²) in [5, 5.41) is 6.20. The fourth-order valence-corrected chi connectivity index (χ4v) is 10.1. The van der Waals surface area contributed by atoms with Crippen LogP contribution in [0.1, 0.15) is 79.1 Å². The molecule has 1 aliphatic rings. The number of aryl methyl sites for hydroxylation is 1. The summed E-state index contributed by atoms with van der Waals surface area (Å²) in [5.41, 5.74) is -1.66. The lowest BCUT2D eigenvalue weighted by Gasteiger charge is -2.41. The van der Waals surface area contributed by atoms with Crippen molar-refractivity contribution >= 4 is 62.3 Å². The molecule has 0 bridgehead atoms. The summed E-state index contributed by atoms with van der Waals surface area (Å²) in [6.45, 7) is 33.2. The number of carbonyl (C=O) groups is 2. The lowest BCUT2D eigenvalue weighted by Crippen LogP contribution is -2.53. The van der Waals surface area contributed by atoms with Gasteiger partial charge in [0.15, 0.2) is 19.9 Å². The molecule has 0 spiro atoms. The van der Waals surface area contributed by atoms with E-state index in [9.17, 15) is 14.4 Å². The van der Waals surface area contributed by atoms with Crippen molar-refractivity contribution in [3.63, 3.8) is 0 Å². The molecule has 1 atom stereocenters. The van der Waals surface area contributed by atoms with E-state index in [-0.39, 0.29) is 62.4 Å². The second-order valence-electron chi connectivity index (χ2n) is 22.2. The molecule has 13 nitrogen and oxygen atoms in total. The molecule has 18 heteroatoms. The number of rotatable bonds is 16. The Morgan fingerprint density at radius 1 is 0.954 bits per heavy atom. The van der Waals surface area contributed by atoms with Crippen molar-refractivity contribution < 1.29 is 27.5 Å². The summed E-state index contributed by atoms with van der Waals surface area (Å²) in [6, 6.07) is 3.71. The van der Waals surface area contributed by atoms with Gasteiger partial charge in [0.1, 0.15) is 18.0 Å². The van der Waals surface area contributed by atoms with Crippen LogP contribution in [0.15, 0.2) is 35.6 Å². The van der Waals surface area contributed by atoms with Crippen molar-refractivity contribution in [1.82, 2.24) is 29.3 Å². The van der Waals surface area contributed by atoms with Crippen LogP contribution in [0, 0.1) is 17.0 Å². The number of fused-ring (bicyclic) bond motifs is 1. The van der Waals surface area contributed by atoms with Crippen LogP contribution in [-0.2, 0) is 22.8 Å². The zero-order valence-corrected chi connectivity index (χ0v) is 43.9. The van der Waals surface area contributed by atoms with E-state index < -0.39 is 56.7 Å². The molecule has 2 amide bonds. The van der Waals surface area contributed by atoms with Crippen LogP contribution in [-0.4, -0.2) is 103 Å². The Kier molecular flexibility index (Phi) is 15.6. The summed E-state index contributed by atoms with van der Waals surface area (Å²) in [7, 11) is -2.03. The van der Waals surface area contributed by atoms with E-state index in [1.807, 2.05) is 34.6 Å². The highest BCUT2D eigenvalue weighted by atomic mass is 35.5. The van der Waals surface area contributed by atoms with Crippen LogP contribution in [0.5, 0.6) is 5.75 Å². The standard InChI is InChI=1S/C47H71ClF2N8O5Si2/c1-30-25-56(18-19-63-65(14,15)46(5,6)7)16-17-58(30)36-23-35(34(48)24-51-36)53-37(59)27-57-26-33(38-42(57)52-29-55(10)44(38)61)31-22-32(43(60)54-47(8,9)28-45(2,3)4)41(40(50)39(31)49)62-20-21-64(11,12)13/h22-24,26,29-30H,16-21,25,27-28H2,1-15H3,(H,54,60)(H,51,53,59). The molecule has 1 aromatic carbocycles. The Morgan fingerprint density at radius 2 is 1.63 bits per heavy atom. The number of anilines is 2. The average Bonchev–Trinajstić information content (AvgIpc) is 3.51. The summed E-state index contributed by atoms with van der Waals surface area (Å²) >= 11 is 6.60. The fourth-order valence-electron chi connectivity index (χ4n) is 8.16. The Balaban J connectivity index is 1.43. The number of piperazine rings is 1. The quantitative estimate of drug-likeness (QED) is 0.105. The predicted molar refractivity (Wildman–Crippen MR) is 264 cm³/mol. The topological polar surface area (TPSA) is 136 Å². The number of pyridine rings is 1. The Bertz CT molecular complexity index is 2460. The molecule has 0 radical (unpaired) electrons. The van der Waals surface area contributed by atoms with Crippen molar-refractivity contribution in [2.24, 2.45) is 12.5 Å². The first-order valence-corrected chi connectivity index (χ1v) is 29.5. The molecular weight excluding hydrogens is 886 g/mol. The van der Waals surface area contributed by atoms with Gasteiger partial charge in [0.2, 0.25) is 11.7 Å². The zero-order chi connectivity index (χ0) is 48.6. The van der Waals surface area contributed by atoms with Gasteiger partial charge in [0.05, 0.1) is 40.8 Å². The molecule has 65 heavy (non-hydrogen) atoms. The molecule has 4 aromatic rings. The maximum atomic E-state index is 16.5. The van der Waals surface area contributed by atoms with Gasteiger partial charge in [-0.1, -0.05) is 72.8 Å². The van der Waals surface area contributed by atoms with Crippen molar-refractivity contribution in [1.29, 1.82) is 0 Å². The molecular formula is C47H71ClF2N8O5Si2. The molecule has 2 N–H and O–H groups in total. The molecule has 5 rings (SSSR count). The predicted octanol–water partition coefficient (Wildman–Crippen LogP) is 9.56. The smallest absolute Gasteiger partial charge is 0.263 e. The Morgan fingerprint density at radius 3 is 2.25 bits per heavy atom. The minimum Gasteiger partial charge on any atom is -0.490 e. The first kappa shape index (κ1) is 51.8. The Labute approximate surface area is 390 Å². The van der Waals surface area contributed by atoms with E-state index in [2.05, 4.69) is 90.8 Å². The molecule has 1 fully saturated rings. The molecule has 4 heterocycles. The highest BCUT2D eigenvalue weighted by Gasteiger charge is 2.38. The number of benzene rings is 1. The highest BCUT2D eigenvalue weighted by Crippen LogP contribution is 2.39. The van der Waals surface area contributed by atoms with E-state index in [0.29, 0.717) is 37.1 Å². The van der Waals surface area contributed by atoms with Crippen molar-refractivity contribution in [2.45, 2.75) is 131 Å². The molecule has 1 saturated heterocycles. The number of nitrogens with zero attached hydrogens (tertiary/aromatic N) is 6.